The minimum Gasteiger partial charge on any atom is -0.480 e. The second-order valence-electron chi connectivity index (χ2n) is 9.85. The van der Waals surface area contributed by atoms with Crippen molar-refractivity contribution in [1.82, 2.24) is 26.3 Å². The zero-order valence-electron chi connectivity index (χ0n) is 22.4. The highest BCUT2D eigenvalue weighted by molar-refractivity contribution is 5.95. The zero-order valence-corrected chi connectivity index (χ0v) is 22.4. The van der Waals surface area contributed by atoms with Gasteiger partial charge in [-0.2, -0.15) is 0 Å². The van der Waals surface area contributed by atoms with Crippen LogP contribution in [0, 0.1) is 0 Å². The fourth-order valence-corrected chi connectivity index (χ4v) is 4.60. The Balaban J connectivity index is 1.82. The Morgan fingerprint density at radius 1 is 1.10 bits per heavy atom. The van der Waals surface area contributed by atoms with Crippen LogP contribution in [0.1, 0.15) is 38.2 Å². The van der Waals surface area contributed by atoms with Crippen molar-refractivity contribution in [3.05, 3.63) is 36.0 Å². The SMILES string of the molecule is CC(O)C(NC(=O)C(CCCN=C(N)N)NC(=O)C(Cc1c[nH]c2ccccc12)NC(=O)C1CCCN1)C(=O)O. The molecule has 0 radical (unpaired) electrons. The molecular weight excluding hydrogens is 520 g/mol. The van der Waals surface area contributed by atoms with E-state index in [2.05, 4.69) is 31.2 Å². The Morgan fingerprint density at radius 2 is 1.82 bits per heavy atom. The number of carbonyl (C=O) groups excluding carboxylic acids is 3. The topological polar surface area (TPSA) is 237 Å². The van der Waals surface area contributed by atoms with E-state index in [1.54, 1.807) is 6.20 Å². The van der Waals surface area contributed by atoms with Gasteiger partial charge >= 0.3 is 5.97 Å². The number of carbonyl (C=O) groups is 4. The number of fused-ring (bicyclic) bond motifs is 1. The Morgan fingerprint density at radius 3 is 2.48 bits per heavy atom. The fraction of sp³-hybridized carbons (Fsp3) is 0.500. The number of aliphatic imine (C=N–C) groups is 1. The van der Waals surface area contributed by atoms with E-state index < -0.39 is 48.1 Å². The van der Waals surface area contributed by atoms with E-state index in [-0.39, 0.29) is 37.7 Å². The molecule has 5 unspecified atom stereocenters. The van der Waals surface area contributed by atoms with Crippen LogP contribution in [0.5, 0.6) is 0 Å². The molecule has 1 aliphatic rings. The van der Waals surface area contributed by atoms with Crippen LogP contribution >= 0.6 is 0 Å². The molecule has 0 spiro atoms. The number of para-hydroxylation sites is 1. The first-order valence-corrected chi connectivity index (χ1v) is 13.2. The van der Waals surface area contributed by atoms with Gasteiger partial charge in [-0.25, -0.2) is 4.79 Å². The number of aliphatic carboxylic acids is 1. The van der Waals surface area contributed by atoms with E-state index in [9.17, 15) is 29.4 Å². The number of nitrogens with two attached hydrogens (primary N) is 2. The van der Waals surface area contributed by atoms with Crippen LogP contribution in [-0.4, -0.2) is 88.2 Å². The predicted octanol–water partition coefficient (Wildman–Crippen LogP) is -1.56. The van der Waals surface area contributed by atoms with Crippen LogP contribution < -0.4 is 32.7 Å². The molecule has 1 aromatic heterocycles. The van der Waals surface area contributed by atoms with E-state index in [1.807, 2.05) is 24.3 Å². The van der Waals surface area contributed by atoms with Gasteiger partial charge in [0, 0.05) is 30.1 Å². The Kier molecular flexibility index (Phi) is 10.8. The van der Waals surface area contributed by atoms with Gasteiger partial charge in [-0.15, -0.1) is 0 Å². The summed E-state index contributed by atoms with van der Waals surface area (Å²) in [6.45, 7) is 2.10. The molecule has 0 aliphatic carbocycles. The first kappa shape index (κ1) is 30.4. The number of amides is 3. The van der Waals surface area contributed by atoms with E-state index >= 15 is 0 Å². The molecule has 5 atom stereocenters. The van der Waals surface area contributed by atoms with Crippen molar-refractivity contribution in [2.75, 3.05) is 13.1 Å². The fourth-order valence-electron chi connectivity index (χ4n) is 4.60. The third kappa shape index (κ3) is 8.41. The summed E-state index contributed by atoms with van der Waals surface area (Å²) in [5.74, 6) is -3.32. The summed E-state index contributed by atoms with van der Waals surface area (Å²) in [5.41, 5.74) is 12.4. The number of aromatic amines is 1. The lowest BCUT2D eigenvalue weighted by Gasteiger charge is -2.26. The number of aliphatic hydroxyl groups excluding tert-OH is 1. The molecular formula is C26H38N8O6. The quantitative estimate of drug-likeness (QED) is 0.0739. The number of hydrogen-bond donors (Lipinski definition) is 9. The maximum Gasteiger partial charge on any atom is 0.328 e. The summed E-state index contributed by atoms with van der Waals surface area (Å²) in [6.07, 6.45) is 2.36. The van der Waals surface area contributed by atoms with Crippen molar-refractivity contribution in [3.8, 4) is 0 Å². The summed E-state index contributed by atoms with van der Waals surface area (Å²) in [7, 11) is 0. The van der Waals surface area contributed by atoms with Gasteiger partial charge in [-0.1, -0.05) is 18.2 Å². The number of carboxylic acids is 1. The molecule has 14 nitrogen and oxygen atoms in total. The summed E-state index contributed by atoms with van der Waals surface area (Å²) < 4.78 is 0. The van der Waals surface area contributed by atoms with Gasteiger partial charge in [-0.05, 0) is 50.8 Å². The highest BCUT2D eigenvalue weighted by Crippen LogP contribution is 2.19. The van der Waals surface area contributed by atoms with Crippen LogP contribution in [0.2, 0.25) is 0 Å². The molecule has 0 saturated carbocycles. The average Bonchev–Trinajstić information content (AvgIpc) is 3.58. The van der Waals surface area contributed by atoms with Crippen LogP contribution in [0.25, 0.3) is 10.9 Å². The smallest absolute Gasteiger partial charge is 0.328 e. The number of carboxylic acid groups (broad SMARTS) is 1. The van der Waals surface area contributed by atoms with Crippen LogP contribution in [-0.2, 0) is 25.6 Å². The number of aromatic nitrogens is 1. The minimum absolute atomic E-state index is 0.0679. The van der Waals surface area contributed by atoms with Gasteiger partial charge in [0.05, 0.1) is 12.1 Å². The maximum atomic E-state index is 13.6. The third-order valence-corrected chi connectivity index (χ3v) is 6.73. The number of hydrogen-bond acceptors (Lipinski definition) is 7. The predicted molar refractivity (Wildman–Crippen MR) is 148 cm³/mol. The van der Waals surface area contributed by atoms with Gasteiger partial charge in [0.1, 0.15) is 12.1 Å². The standard InChI is InChI=1S/C26H38N8O6/c1-14(35)21(25(39)40)34-23(37)19(9-5-11-30-26(27)28)32-24(38)20(33-22(36)18-8-4-10-29-18)12-15-13-31-17-7-3-2-6-16(15)17/h2-3,6-7,13-14,18-21,29,31,35H,4-5,8-12H2,1H3,(H,32,38)(H,33,36)(H,34,37)(H,39,40)(H4,27,28,30). The highest BCUT2D eigenvalue weighted by atomic mass is 16.4. The van der Waals surface area contributed by atoms with Gasteiger partial charge in [0.2, 0.25) is 17.7 Å². The van der Waals surface area contributed by atoms with Crippen molar-refractivity contribution in [1.29, 1.82) is 0 Å². The molecule has 40 heavy (non-hydrogen) atoms. The molecule has 14 heteroatoms. The highest BCUT2D eigenvalue weighted by Gasteiger charge is 2.33. The number of aliphatic hydroxyl groups is 1. The lowest BCUT2D eigenvalue weighted by molar-refractivity contribution is -0.145. The van der Waals surface area contributed by atoms with Crippen molar-refractivity contribution in [2.24, 2.45) is 16.5 Å². The molecule has 11 N–H and O–H groups in total. The largest absolute Gasteiger partial charge is 0.480 e. The van der Waals surface area contributed by atoms with Gasteiger partial charge in [-0.3, -0.25) is 19.4 Å². The Labute approximate surface area is 231 Å². The molecule has 218 valence electrons. The number of benzene rings is 1. The number of nitrogens with one attached hydrogen (secondary N) is 5. The summed E-state index contributed by atoms with van der Waals surface area (Å²) in [6, 6.07) is 3.31. The molecule has 2 aromatic rings. The molecule has 1 saturated heterocycles. The molecule has 3 amide bonds. The van der Waals surface area contributed by atoms with Crippen LogP contribution in [0.15, 0.2) is 35.5 Å². The summed E-state index contributed by atoms with van der Waals surface area (Å²) in [4.78, 5) is 58.2. The average molecular weight is 559 g/mol. The third-order valence-electron chi connectivity index (χ3n) is 6.73. The van der Waals surface area contributed by atoms with Crippen molar-refractivity contribution >= 4 is 40.6 Å². The molecule has 1 aromatic carbocycles. The Bertz CT molecular complexity index is 1220. The maximum absolute atomic E-state index is 13.6. The van der Waals surface area contributed by atoms with Gasteiger partial charge in [0.25, 0.3) is 0 Å². The summed E-state index contributed by atoms with van der Waals surface area (Å²) in [5, 5.41) is 30.9. The zero-order chi connectivity index (χ0) is 29.2. The Hall–Kier alpha value is -4.17. The lowest BCUT2D eigenvalue weighted by Crippen LogP contribution is -2.58. The number of H-pyrrole nitrogens is 1. The first-order valence-electron chi connectivity index (χ1n) is 13.2. The lowest BCUT2D eigenvalue weighted by atomic mass is 10.0. The molecule has 0 bridgehead atoms. The number of nitrogens with zero attached hydrogens (tertiary/aromatic N) is 1. The second-order valence-corrected chi connectivity index (χ2v) is 9.85. The normalized spacial score (nSPS) is 17.8. The second kappa shape index (κ2) is 14.3. The minimum atomic E-state index is -1.58. The van der Waals surface area contributed by atoms with E-state index in [0.717, 1.165) is 22.9 Å². The van der Waals surface area contributed by atoms with Gasteiger partial charge in [0.15, 0.2) is 12.0 Å². The number of guanidine groups is 1. The first-order chi connectivity index (χ1) is 19.1. The monoisotopic (exact) mass is 558 g/mol. The van der Waals surface area contributed by atoms with Crippen LogP contribution in [0.3, 0.4) is 0 Å². The molecule has 1 fully saturated rings. The summed E-state index contributed by atoms with van der Waals surface area (Å²) >= 11 is 0. The van der Waals surface area contributed by atoms with Crippen LogP contribution in [0.4, 0.5) is 0 Å². The van der Waals surface area contributed by atoms with Crippen molar-refractivity contribution in [3.63, 3.8) is 0 Å². The van der Waals surface area contributed by atoms with Gasteiger partial charge < -0.3 is 47.9 Å². The van der Waals surface area contributed by atoms with E-state index in [4.69, 9.17) is 11.5 Å². The van der Waals surface area contributed by atoms with E-state index in [0.29, 0.717) is 13.0 Å². The molecule has 1 aliphatic heterocycles. The molecule has 3 rings (SSSR count). The van der Waals surface area contributed by atoms with Crippen molar-refractivity contribution < 1.29 is 29.4 Å². The van der Waals surface area contributed by atoms with Crippen molar-refractivity contribution in [2.45, 2.75) is 69.3 Å². The van der Waals surface area contributed by atoms with E-state index in [1.165, 1.54) is 6.92 Å². The number of rotatable bonds is 14. The molecule has 2 heterocycles.